The topological polar surface area (TPSA) is 106 Å². The van der Waals surface area contributed by atoms with Crippen LogP contribution in [0.3, 0.4) is 0 Å². The average molecular weight is 410 g/mol. The molecule has 2 aromatic heterocycles. The lowest BCUT2D eigenvalue weighted by molar-refractivity contribution is -0.387. The molecule has 3 aromatic rings. The molecule has 0 bridgehead atoms. The van der Waals surface area contributed by atoms with E-state index in [-0.39, 0.29) is 16.9 Å². The molecule has 0 amide bonds. The van der Waals surface area contributed by atoms with Crippen LogP contribution in [0.15, 0.2) is 42.9 Å². The molecule has 3 heterocycles. The van der Waals surface area contributed by atoms with Crippen LogP contribution in [0.1, 0.15) is 19.5 Å². The summed E-state index contributed by atoms with van der Waals surface area (Å²) < 4.78 is 19.1. The van der Waals surface area contributed by atoms with E-state index >= 15 is 0 Å². The monoisotopic (exact) mass is 410 g/mol. The summed E-state index contributed by atoms with van der Waals surface area (Å²) in [6.45, 7) is 4.91. The van der Waals surface area contributed by atoms with Gasteiger partial charge in [0.15, 0.2) is 0 Å². The van der Waals surface area contributed by atoms with E-state index in [2.05, 4.69) is 34.1 Å². The third kappa shape index (κ3) is 3.36. The summed E-state index contributed by atoms with van der Waals surface area (Å²) in [5.41, 5.74) is 1.35. The number of nitrogens with zero attached hydrogens (tertiary/aromatic N) is 5. The van der Waals surface area contributed by atoms with Gasteiger partial charge in [-0.1, -0.05) is 13.8 Å². The van der Waals surface area contributed by atoms with Gasteiger partial charge in [0.2, 0.25) is 5.82 Å². The first-order valence-corrected chi connectivity index (χ1v) is 9.14. The normalized spacial score (nSPS) is 14.3. The minimum absolute atomic E-state index is 0.120. The predicted octanol–water partition coefficient (Wildman–Crippen LogP) is 4.10. The zero-order valence-electron chi connectivity index (χ0n) is 16.6. The Morgan fingerprint density at radius 3 is 2.80 bits per heavy atom. The number of pyridine rings is 1. The molecule has 9 nitrogen and oxygen atoms in total. The molecule has 0 atom stereocenters. The minimum Gasteiger partial charge on any atom is -0.494 e. The summed E-state index contributed by atoms with van der Waals surface area (Å²) in [5.74, 6) is 0.168. The lowest BCUT2D eigenvalue weighted by Gasteiger charge is -2.21. The molecule has 4 rings (SSSR count). The number of anilines is 4. The van der Waals surface area contributed by atoms with Gasteiger partial charge in [-0.3, -0.25) is 15.1 Å². The van der Waals surface area contributed by atoms with Crippen molar-refractivity contribution in [2.75, 3.05) is 23.9 Å². The Balaban J connectivity index is 1.69. The van der Waals surface area contributed by atoms with Gasteiger partial charge in [-0.15, -0.1) is 0 Å². The Hall–Kier alpha value is -3.82. The first-order valence-electron chi connectivity index (χ1n) is 9.14. The van der Waals surface area contributed by atoms with Crippen LogP contribution in [0.25, 0.3) is 0 Å². The molecular formula is C20H19FN6O3. The van der Waals surface area contributed by atoms with Crippen LogP contribution in [0, 0.1) is 15.9 Å². The van der Waals surface area contributed by atoms with E-state index in [9.17, 15) is 14.5 Å². The lowest BCUT2D eigenvalue weighted by Crippen LogP contribution is -2.26. The molecule has 154 valence electrons. The highest BCUT2D eigenvalue weighted by molar-refractivity contribution is 5.72. The third-order valence-corrected chi connectivity index (χ3v) is 4.93. The standard InChI is InChI=1S/C20H19FN6O3/c1-20(2)10-26(14-5-4-6-22-19(14)20)18-9-17(23-11-24-18)25-13-8-15(27(28)29)12(21)7-16(13)30-3/h4-9,11H,10H2,1-3H3,(H,23,24,25). The average Bonchev–Trinajstić information content (AvgIpc) is 3.00. The number of halogens is 1. The summed E-state index contributed by atoms with van der Waals surface area (Å²) in [5, 5.41) is 14.1. The first kappa shape index (κ1) is 19.5. The number of rotatable bonds is 5. The summed E-state index contributed by atoms with van der Waals surface area (Å²) in [7, 11) is 1.35. The summed E-state index contributed by atoms with van der Waals surface area (Å²) in [6, 6.07) is 7.61. The number of methoxy groups -OCH3 is 1. The number of nitro groups is 1. The van der Waals surface area contributed by atoms with Crippen LogP contribution in [0.5, 0.6) is 5.75 Å². The number of hydrogen-bond acceptors (Lipinski definition) is 8. The van der Waals surface area contributed by atoms with Crippen molar-refractivity contribution in [3.05, 3.63) is 64.5 Å². The summed E-state index contributed by atoms with van der Waals surface area (Å²) >= 11 is 0. The number of fused-ring (bicyclic) bond motifs is 1. The van der Waals surface area contributed by atoms with Crippen LogP contribution < -0.4 is 15.0 Å². The SMILES string of the molecule is COc1cc(F)c([N+](=O)[O-])cc1Nc1cc(N2CC(C)(C)c3ncccc32)ncn1. The number of aromatic nitrogens is 3. The molecule has 1 N–H and O–H groups in total. The maximum atomic E-state index is 13.9. The second kappa shape index (κ2) is 7.21. The molecule has 1 aliphatic heterocycles. The molecule has 1 aromatic carbocycles. The van der Waals surface area contributed by atoms with Gasteiger partial charge in [-0.05, 0) is 12.1 Å². The molecule has 1 aliphatic rings. The minimum atomic E-state index is -0.978. The molecular weight excluding hydrogens is 391 g/mol. The molecule has 10 heteroatoms. The first-order chi connectivity index (χ1) is 14.3. The van der Waals surface area contributed by atoms with Crippen molar-refractivity contribution in [2.45, 2.75) is 19.3 Å². The zero-order valence-corrected chi connectivity index (χ0v) is 16.6. The van der Waals surface area contributed by atoms with Crippen molar-refractivity contribution in [2.24, 2.45) is 0 Å². The van der Waals surface area contributed by atoms with Gasteiger partial charge in [0.1, 0.15) is 23.7 Å². The van der Waals surface area contributed by atoms with E-state index in [1.54, 1.807) is 12.3 Å². The zero-order chi connectivity index (χ0) is 21.5. The Bertz CT molecular complexity index is 1140. The van der Waals surface area contributed by atoms with Crippen LogP contribution in [-0.2, 0) is 5.41 Å². The smallest absolute Gasteiger partial charge is 0.307 e. The van der Waals surface area contributed by atoms with Crippen LogP contribution in [-0.4, -0.2) is 33.5 Å². The molecule has 0 saturated carbocycles. The Morgan fingerprint density at radius 2 is 2.07 bits per heavy atom. The Morgan fingerprint density at radius 1 is 1.27 bits per heavy atom. The van der Waals surface area contributed by atoms with Crippen molar-refractivity contribution in [1.82, 2.24) is 15.0 Å². The highest BCUT2D eigenvalue weighted by Crippen LogP contribution is 2.42. The van der Waals surface area contributed by atoms with Gasteiger partial charge in [0.05, 0.1) is 29.1 Å². The molecule has 0 fully saturated rings. The van der Waals surface area contributed by atoms with Gasteiger partial charge in [0, 0.05) is 36.4 Å². The third-order valence-electron chi connectivity index (χ3n) is 4.93. The second-order valence-electron chi connectivity index (χ2n) is 7.49. The van der Waals surface area contributed by atoms with Crippen molar-refractivity contribution in [1.29, 1.82) is 0 Å². The van der Waals surface area contributed by atoms with E-state index in [0.29, 0.717) is 18.2 Å². The molecule has 0 aliphatic carbocycles. The maximum absolute atomic E-state index is 13.9. The van der Waals surface area contributed by atoms with Gasteiger partial charge in [-0.25, -0.2) is 9.97 Å². The molecule has 0 radical (unpaired) electrons. The highest BCUT2D eigenvalue weighted by atomic mass is 19.1. The van der Waals surface area contributed by atoms with E-state index in [1.807, 2.05) is 17.0 Å². The fourth-order valence-electron chi connectivity index (χ4n) is 3.55. The van der Waals surface area contributed by atoms with Crippen LogP contribution in [0.2, 0.25) is 0 Å². The van der Waals surface area contributed by atoms with E-state index < -0.39 is 16.4 Å². The molecule has 0 unspecified atom stereocenters. The lowest BCUT2D eigenvalue weighted by atomic mass is 9.91. The Kier molecular flexibility index (Phi) is 4.69. The van der Waals surface area contributed by atoms with Gasteiger partial charge >= 0.3 is 5.69 Å². The van der Waals surface area contributed by atoms with E-state index in [1.165, 1.54) is 13.4 Å². The second-order valence-corrected chi connectivity index (χ2v) is 7.49. The van der Waals surface area contributed by atoms with Gasteiger partial charge < -0.3 is 15.0 Å². The van der Waals surface area contributed by atoms with E-state index in [4.69, 9.17) is 4.74 Å². The van der Waals surface area contributed by atoms with Crippen LogP contribution >= 0.6 is 0 Å². The van der Waals surface area contributed by atoms with Crippen molar-refractivity contribution >= 4 is 28.7 Å². The largest absolute Gasteiger partial charge is 0.494 e. The van der Waals surface area contributed by atoms with Crippen molar-refractivity contribution in [3.8, 4) is 5.75 Å². The quantitative estimate of drug-likeness (QED) is 0.495. The molecule has 30 heavy (non-hydrogen) atoms. The number of benzene rings is 1. The summed E-state index contributed by atoms with van der Waals surface area (Å²) in [4.78, 5) is 25.4. The van der Waals surface area contributed by atoms with Gasteiger partial charge in [-0.2, -0.15) is 4.39 Å². The predicted molar refractivity (Wildman–Crippen MR) is 109 cm³/mol. The van der Waals surface area contributed by atoms with Gasteiger partial charge in [0.25, 0.3) is 0 Å². The number of hydrogen-bond donors (Lipinski definition) is 1. The maximum Gasteiger partial charge on any atom is 0.307 e. The number of ether oxygens (including phenoxy) is 1. The molecule has 0 spiro atoms. The fourth-order valence-corrected chi connectivity index (χ4v) is 3.55. The van der Waals surface area contributed by atoms with E-state index in [0.717, 1.165) is 23.5 Å². The van der Waals surface area contributed by atoms with Crippen LogP contribution in [0.4, 0.5) is 33.1 Å². The number of nitrogens with one attached hydrogen (secondary N) is 1. The Labute approximate surface area is 171 Å². The summed E-state index contributed by atoms with van der Waals surface area (Å²) in [6.07, 6.45) is 3.16. The highest BCUT2D eigenvalue weighted by Gasteiger charge is 2.37. The molecule has 0 saturated heterocycles. The fraction of sp³-hybridized carbons (Fsp3) is 0.250. The van der Waals surface area contributed by atoms with Crippen molar-refractivity contribution < 1.29 is 14.1 Å². The number of nitro benzene ring substituents is 1. The van der Waals surface area contributed by atoms with Crippen molar-refractivity contribution in [3.63, 3.8) is 0 Å².